The molecule has 0 radical (unpaired) electrons. The third-order valence-electron chi connectivity index (χ3n) is 5.96. The van der Waals surface area contributed by atoms with Crippen molar-refractivity contribution in [3.63, 3.8) is 0 Å². The Hall–Kier alpha value is -3.06. The highest BCUT2D eigenvalue weighted by molar-refractivity contribution is 7.22. The number of amides is 1. The molecule has 6 heteroatoms. The SMILES string of the molecule is O=C(c1ccc(-c2ccccc2)cc1)N(CCCN1CCOCC1)c1nc2ccccc2s1. The Bertz CT molecular complexity index is 1170. The minimum Gasteiger partial charge on any atom is -0.379 e. The van der Waals surface area contributed by atoms with Crippen molar-refractivity contribution in [1.82, 2.24) is 9.88 Å². The number of benzene rings is 3. The lowest BCUT2D eigenvalue weighted by Gasteiger charge is -2.27. The first-order chi connectivity index (χ1) is 16.3. The van der Waals surface area contributed by atoms with Gasteiger partial charge in [0.2, 0.25) is 0 Å². The highest BCUT2D eigenvalue weighted by Gasteiger charge is 2.22. The fourth-order valence-corrected chi connectivity index (χ4v) is 5.12. The van der Waals surface area contributed by atoms with Crippen molar-refractivity contribution in [3.05, 3.63) is 84.4 Å². The second kappa shape index (κ2) is 10.3. The fraction of sp³-hybridized carbons (Fsp3) is 0.259. The number of morpholine rings is 1. The summed E-state index contributed by atoms with van der Waals surface area (Å²) in [6.07, 6.45) is 0.893. The van der Waals surface area contributed by atoms with Crippen molar-refractivity contribution in [2.24, 2.45) is 0 Å². The first-order valence-electron chi connectivity index (χ1n) is 11.4. The summed E-state index contributed by atoms with van der Waals surface area (Å²) < 4.78 is 6.55. The molecule has 0 saturated carbocycles. The van der Waals surface area contributed by atoms with Gasteiger partial charge in [-0.25, -0.2) is 4.98 Å². The van der Waals surface area contributed by atoms with Gasteiger partial charge in [-0.2, -0.15) is 0 Å². The van der Waals surface area contributed by atoms with Crippen LogP contribution in [0.5, 0.6) is 0 Å². The molecule has 0 aliphatic carbocycles. The van der Waals surface area contributed by atoms with Crippen molar-refractivity contribution in [1.29, 1.82) is 0 Å². The Morgan fingerprint density at radius 1 is 0.909 bits per heavy atom. The van der Waals surface area contributed by atoms with E-state index in [1.807, 2.05) is 65.6 Å². The van der Waals surface area contributed by atoms with Crippen LogP contribution in [0.4, 0.5) is 5.13 Å². The predicted molar refractivity (Wildman–Crippen MR) is 135 cm³/mol. The van der Waals surface area contributed by atoms with Crippen LogP contribution < -0.4 is 4.90 Å². The first kappa shape index (κ1) is 21.8. The van der Waals surface area contributed by atoms with Crippen LogP contribution in [0.25, 0.3) is 21.3 Å². The summed E-state index contributed by atoms with van der Waals surface area (Å²) >= 11 is 1.57. The molecule has 168 valence electrons. The molecule has 0 unspecified atom stereocenters. The maximum atomic E-state index is 13.6. The van der Waals surface area contributed by atoms with Gasteiger partial charge >= 0.3 is 0 Å². The molecule has 3 aromatic carbocycles. The number of rotatable bonds is 7. The number of hydrogen-bond donors (Lipinski definition) is 0. The molecule has 0 spiro atoms. The lowest BCUT2D eigenvalue weighted by atomic mass is 10.0. The maximum Gasteiger partial charge on any atom is 0.260 e. The number of nitrogens with zero attached hydrogens (tertiary/aromatic N) is 3. The van der Waals surface area contributed by atoms with E-state index < -0.39 is 0 Å². The average Bonchev–Trinajstić information content (AvgIpc) is 3.31. The van der Waals surface area contributed by atoms with E-state index in [2.05, 4.69) is 23.1 Å². The Morgan fingerprint density at radius 2 is 1.61 bits per heavy atom. The van der Waals surface area contributed by atoms with E-state index in [0.29, 0.717) is 12.1 Å². The molecule has 5 rings (SSSR count). The second-order valence-electron chi connectivity index (χ2n) is 8.17. The largest absolute Gasteiger partial charge is 0.379 e. The molecular formula is C27H27N3O2S. The summed E-state index contributed by atoms with van der Waals surface area (Å²) in [4.78, 5) is 22.6. The van der Waals surface area contributed by atoms with Crippen LogP contribution in [-0.4, -0.2) is 55.2 Å². The lowest BCUT2D eigenvalue weighted by molar-refractivity contribution is 0.0376. The predicted octanol–water partition coefficient (Wildman–Crippen LogP) is 5.33. The second-order valence-corrected chi connectivity index (χ2v) is 9.18. The highest BCUT2D eigenvalue weighted by Crippen LogP contribution is 2.30. The summed E-state index contributed by atoms with van der Waals surface area (Å²) in [6.45, 7) is 5.07. The molecule has 33 heavy (non-hydrogen) atoms. The number of ether oxygens (including phenoxy) is 1. The summed E-state index contributed by atoms with van der Waals surface area (Å²) in [5.74, 6) is -0.00403. The van der Waals surface area contributed by atoms with Crippen LogP contribution in [-0.2, 0) is 4.74 Å². The van der Waals surface area contributed by atoms with Gasteiger partial charge in [0.15, 0.2) is 5.13 Å². The Labute approximate surface area is 198 Å². The van der Waals surface area contributed by atoms with Gasteiger partial charge in [-0.1, -0.05) is 65.9 Å². The normalized spacial score (nSPS) is 14.4. The number of thiazole rings is 1. The molecule has 0 bridgehead atoms. The standard InChI is InChI=1S/C27H27N3O2S/c31-26(23-13-11-22(12-14-23)21-7-2-1-3-8-21)30(16-6-15-29-17-19-32-20-18-29)27-28-24-9-4-5-10-25(24)33-27/h1-5,7-14H,6,15-20H2. The Balaban J connectivity index is 1.37. The quantitative estimate of drug-likeness (QED) is 0.376. The van der Waals surface area contributed by atoms with Gasteiger partial charge in [0, 0.05) is 31.7 Å². The number of hydrogen-bond acceptors (Lipinski definition) is 5. The first-order valence-corrected chi connectivity index (χ1v) is 12.2. The van der Waals surface area contributed by atoms with Gasteiger partial charge in [-0.05, 0) is 41.8 Å². The summed E-state index contributed by atoms with van der Waals surface area (Å²) in [6, 6.07) is 26.2. The molecule has 0 N–H and O–H groups in total. The maximum absolute atomic E-state index is 13.6. The number of fused-ring (bicyclic) bond motifs is 1. The van der Waals surface area contributed by atoms with Gasteiger partial charge < -0.3 is 4.74 Å². The number of anilines is 1. The average molecular weight is 458 g/mol. The number of carbonyl (C=O) groups excluding carboxylic acids is 1. The zero-order chi connectivity index (χ0) is 22.5. The Kier molecular flexibility index (Phi) is 6.76. The topological polar surface area (TPSA) is 45.7 Å². The molecule has 5 nitrogen and oxygen atoms in total. The lowest BCUT2D eigenvalue weighted by Crippen LogP contribution is -2.39. The summed E-state index contributed by atoms with van der Waals surface area (Å²) in [5, 5.41) is 0.760. The molecule has 1 amide bonds. The van der Waals surface area contributed by atoms with Gasteiger partial charge in [0.1, 0.15) is 0 Å². The van der Waals surface area contributed by atoms with Gasteiger partial charge in [-0.3, -0.25) is 14.6 Å². The third-order valence-corrected chi connectivity index (χ3v) is 7.02. The number of carbonyl (C=O) groups is 1. The molecule has 0 atom stereocenters. The minimum atomic E-state index is -0.00403. The van der Waals surface area contributed by atoms with E-state index in [1.165, 1.54) is 0 Å². The molecule has 1 fully saturated rings. The van der Waals surface area contributed by atoms with E-state index in [-0.39, 0.29) is 5.91 Å². The summed E-state index contributed by atoms with van der Waals surface area (Å²) in [5.41, 5.74) is 3.86. The van der Waals surface area contributed by atoms with Gasteiger partial charge in [0.25, 0.3) is 5.91 Å². The molecule has 1 aliphatic rings. The van der Waals surface area contributed by atoms with Crippen molar-refractivity contribution >= 4 is 32.6 Å². The van der Waals surface area contributed by atoms with Crippen LogP contribution >= 0.6 is 11.3 Å². The molecule has 2 heterocycles. The fourth-order valence-electron chi connectivity index (χ4n) is 4.13. The molecule has 1 aromatic heterocycles. The van der Waals surface area contributed by atoms with Crippen molar-refractivity contribution < 1.29 is 9.53 Å². The van der Waals surface area contributed by atoms with E-state index >= 15 is 0 Å². The zero-order valence-electron chi connectivity index (χ0n) is 18.5. The monoisotopic (exact) mass is 457 g/mol. The zero-order valence-corrected chi connectivity index (χ0v) is 19.3. The van der Waals surface area contributed by atoms with Crippen LogP contribution in [0.3, 0.4) is 0 Å². The minimum absolute atomic E-state index is 0.00403. The van der Waals surface area contributed by atoms with E-state index in [0.717, 1.165) is 65.7 Å². The van der Waals surface area contributed by atoms with Crippen molar-refractivity contribution in [2.75, 3.05) is 44.3 Å². The van der Waals surface area contributed by atoms with Gasteiger partial charge in [0.05, 0.1) is 23.4 Å². The van der Waals surface area contributed by atoms with Crippen LogP contribution in [0.1, 0.15) is 16.8 Å². The van der Waals surface area contributed by atoms with E-state index in [4.69, 9.17) is 9.72 Å². The third kappa shape index (κ3) is 5.14. The van der Waals surface area contributed by atoms with Crippen LogP contribution in [0, 0.1) is 0 Å². The van der Waals surface area contributed by atoms with E-state index in [1.54, 1.807) is 11.3 Å². The molecule has 1 aliphatic heterocycles. The van der Waals surface area contributed by atoms with Gasteiger partial charge in [-0.15, -0.1) is 0 Å². The van der Waals surface area contributed by atoms with Crippen LogP contribution in [0.2, 0.25) is 0 Å². The molecule has 1 saturated heterocycles. The van der Waals surface area contributed by atoms with Crippen LogP contribution in [0.15, 0.2) is 78.9 Å². The highest BCUT2D eigenvalue weighted by atomic mass is 32.1. The number of para-hydroxylation sites is 1. The van der Waals surface area contributed by atoms with E-state index in [9.17, 15) is 4.79 Å². The van der Waals surface area contributed by atoms with Crippen molar-refractivity contribution in [2.45, 2.75) is 6.42 Å². The molecule has 4 aromatic rings. The number of aromatic nitrogens is 1. The summed E-state index contributed by atoms with van der Waals surface area (Å²) in [7, 11) is 0. The van der Waals surface area contributed by atoms with Crippen molar-refractivity contribution in [3.8, 4) is 11.1 Å². The smallest absolute Gasteiger partial charge is 0.260 e. The molecular weight excluding hydrogens is 430 g/mol. The Morgan fingerprint density at radius 3 is 2.36 bits per heavy atom.